The summed E-state index contributed by atoms with van der Waals surface area (Å²) in [5, 5.41) is 9.41. The van der Waals surface area contributed by atoms with Crippen LogP contribution in [0, 0.1) is 11.3 Å². The Balaban J connectivity index is 0.000000400. The predicted molar refractivity (Wildman–Crippen MR) is 238 cm³/mol. The number of ether oxygens (including phenoxy) is 2. The fourth-order valence-electron chi connectivity index (χ4n) is 9.15. The molecule has 0 aromatic heterocycles. The van der Waals surface area contributed by atoms with Crippen LogP contribution in [0.15, 0.2) is 24.3 Å². The van der Waals surface area contributed by atoms with Crippen molar-refractivity contribution < 1.29 is 29.0 Å². The van der Waals surface area contributed by atoms with Crippen molar-refractivity contribution in [2.45, 2.75) is 252 Å². The first kappa shape index (κ1) is 50.8. The largest absolute Gasteiger partial charge is 0.481 e. The molecular weight excluding hydrogens is 709 g/mol. The average molecular weight is 797 g/mol. The second-order valence-electron chi connectivity index (χ2n) is 18.0. The molecule has 0 aliphatic heterocycles. The molecule has 0 spiro atoms. The highest BCUT2D eigenvalue weighted by Crippen LogP contribution is 2.46. The van der Waals surface area contributed by atoms with Gasteiger partial charge in [0.15, 0.2) is 0 Å². The Kier molecular flexibility index (Phi) is 29.8. The van der Waals surface area contributed by atoms with Gasteiger partial charge in [0.1, 0.15) is 6.10 Å². The highest BCUT2D eigenvalue weighted by atomic mass is 16.5. The van der Waals surface area contributed by atoms with E-state index in [1.165, 1.54) is 161 Å². The minimum absolute atomic E-state index is 0.0262. The maximum absolute atomic E-state index is 12.6. The Morgan fingerprint density at radius 3 is 1.54 bits per heavy atom. The molecule has 328 valence electrons. The zero-order valence-corrected chi connectivity index (χ0v) is 37.4. The lowest BCUT2D eigenvalue weighted by Crippen LogP contribution is -2.30. The summed E-state index contributed by atoms with van der Waals surface area (Å²) in [5.74, 6) is -0.546. The number of hydrogen-bond acceptors (Lipinski definition) is 5. The Labute approximate surface area is 350 Å². The summed E-state index contributed by atoms with van der Waals surface area (Å²) < 4.78 is 11.1. The van der Waals surface area contributed by atoms with E-state index in [-0.39, 0.29) is 11.5 Å². The van der Waals surface area contributed by atoms with E-state index in [0.29, 0.717) is 24.2 Å². The van der Waals surface area contributed by atoms with Crippen LogP contribution in [0.25, 0.3) is 0 Å². The summed E-state index contributed by atoms with van der Waals surface area (Å²) in [7, 11) is 0. The van der Waals surface area contributed by atoms with Gasteiger partial charge in [-0.1, -0.05) is 187 Å². The molecule has 0 bridgehead atoms. The SMILES string of the molecule is CCCCCCCCC1CCC(CCCCCCCC)(CC(=O)O)CC1.CCCCCCCCCCCCCOC(=O)c1ccccc1C(=O)OC1CCCCC1. The number of unbranched alkanes of at least 4 members (excludes halogenated alkanes) is 20. The van der Waals surface area contributed by atoms with Gasteiger partial charge in [0.05, 0.1) is 24.2 Å². The van der Waals surface area contributed by atoms with Gasteiger partial charge in [0.25, 0.3) is 0 Å². The number of carboxylic acids is 1. The molecule has 1 aromatic rings. The number of carboxylic acid groups (broad SMARTS) is 1. The van der Waals surface area contributed by atoms with Crippen molar-refractivity contribution in [3.63, 3.8) is 0 Å². The monoisotopic (exact) mass is 797 g/mol. The minimum Gasteiger partial charge on any atom is -0.481 e. The summed E-state index contributed by atoms with van der Waals surface area (Å²) in [5.41, 5.74) is 0.747. The molecule has 6 heteroatoms. The van der Waals surface area contributed by atoms with E-state index in [4.69, 9.17) is 9.47 Å². The number of carbonyl (C=O) groups is 3. The van der Waals surface area contributed by atoms with Crippen molar-refractivity contribution in [1.29, 1.82) is 0 Å². The number of hydrogen-bond donors (Lipinski definition) is 1. The molecule has 2 saturated carbocycles. The van der Waals surface area contributed by atoms with Crippen molar-refractivity contribution >= 4 is 17.9 Å². The smallest absolute Gasteiger partial charge is 0.339 e. The van der Waals surface area contributed by atoms with Gasteiger partial charge in [-0.15, -0.1) is 0 Å². The van der Waals surface area contributed by atoms with E-state index in [2.05, 4.69) is 20.8 Å². The lowest BCUT2D eigenvalue weighted by Gasteiger charge is -2.39. The van der Waals surface area contributed by atoms with E-state index in [9.17, 15) is 19.5 Å². The van der Waals surface area contributed by atoms with Gasteiger partial charge in [0, 0.05) is 0 Å². The van der Waals surface area contributed by atoms with Crippen molar-refractivity contribution in [2.75, 3.05) is 6.61 Å². The van der Waals surface area contributed by atoms with Crippen molar-refractivity contribution in [2.24, 2.45) is 11.3 Å². The first-order valence-electron chi connectivity index (χ1n) is 24.5. The Bertz CT molecular complexity index is 1150. The lowest BCUT2D eigenvalue weighted by atomic mass is 9.65. The molecule has 0 unspecified atom stereocenters. The van der Waals surface area contributed by atoms with Crippen molar-refractivity contribution in [1.82, 2.24) is 0 Å². The van der Waals surface area contributed by atoms with Crippen LogP contribution in [0.2, 0.25) is 0 Å². The van der Waals surface area contributed by atoms with E-state index in [1.54, 1.807) is 24.3 Å². The molecule has 2 fully saturated rings. The molecule has 0 heterocycles. The molecule has 2 aliphatic carbocycles. The van der Waals surface area contributed by atoms with Crippen LogP contribution in [0.1, 0.15) is 266 Å². The van der Waals surface area contributed by atoms with E-state index < -0.39 is 17.9 Å². The fourth-order valence-corrected chi connectivity index (χ4v) is 9.15. The maximum atomic E-state index is 12.6. The number of rotatable bonds is 31. The van der Waals surface area contributed by atoms with Gasteiger partial charge in [-0.05, 0) is 87.7 Å². The molecule has 0 amide bonds. The Morgan fingerprint density at radius 1 is 0.579 bits per heavy atom. The topological polar surface area (TPSA) is 89.9 Å². The van der Waals surface area contributed by atoms with Gasteiger partial charge in [0.2, 0.25) is 0 Å². The standard InChI is InChI=1S/C27H42O4.C24H46O2/c1-2-3-4-5-6-7-8-9-10-11-17-22-30-26(28)24-20-15-16-21-25(24)27(29)31-23-18-13-12-14-19-23;1-3-5-7-9-11-13-15-22-16-19-24(20-17-22,21-23(25)26)18-14-12-10-8-6-4-2/h15-16,20-21,23H,2-14,17-19,22H2,1H3;22H,3-21H2,1-2H3,(H,25,26). The van der Waals surface area contributed by atoms with Crippen LogP contribution >= 0.6 is 0 Å². The van der Waals surface area contributed by atoms with Crippen LogP contribution in [0.5, 0.6) is 0 Å². The predicted octanol–water partition coefficient (Wildman–Crippen LogP) is 15.8. The van der Waals surface area contributed by atoms with Crippen LogP contribution in [-0.4, -0.2) is 35.7 Å². The number of carbonyl (C=O) groups excluding carboxylic acids is 2. The fraction of sp³-hybridized carbons (Fsp3) is 0.824. The first-order chi connectivity index (χ1) is 27.8. The van der Waals surface area contributed by atoms with Gasteiger partial charge in [-0.25, -0.2) is 9.59 Å². The van der Waals surface area contributed by atoms with Gasteiger partial charge in [-0.3, -0.25) is 4.79 Å². The zero-order chi connectivity index (χ0) is 41.2. The Morgan fingerprint density at radius 2 is 1.04 bits per heavy atom. The Hall–Kier alpha value is -2.37. The van der Waals surface area contributed by atoms with Gasteiger partial charge >= 0.3 is 17.9 Å². The maximum Gasteiger partial charge on any atom is 0.339 e. The second-order valence-corrected chi connectivity index (χ2v) is 18.0. The molecule has 0 radical (unpaired) electrons. The molecule has 2 aliphatic rings. The first-order valence-corrected chi connectivity index (χ1v) is 24.5. The molecule has 6 nitrogen and oxygen atoms in total. The molecule has 3 rings (SSSR count). The summed E-state index contributed by atoms with van der Waals surface area (Å²) >= 11 is 0. The molecular formula is C51H88O6. The average Bonchev–Trinajstić information content (AvgIpc) is 3.22. The van der Waals surface area contributed by atoms with Gasteiger partial charge < -0.3 is 14.6 Å². The van der Waals surface area contributed by atoms with E-state index >= 15 is 0 Å². The summed E-state index contributed by atoms with van der Waals surface area (Å²) in [6, 6.07) is 6.83. The molecule has 1 N–H and O–H groups in total. The molecule has 57 heavy (non-hydrogen) atoms. The van der Waals surface area contributed by atoms with Crippen LogP contribution < -0.4 is 0 Å². The quantitative estimate of drug-likeness (QED) is 0.0594. The zero-order valence-electron chi connectivity index (χ0n) is 37.4. The van der Waals surface area contributed by atoms with Crippen LogP contribution in [-0.2, 0) is 14.3 Å². The highest BCUT2D eigenvalue weighted by molar-refractivity contribution is 6.03. The minimum atomic E-state index is -0.578. The molecule has 0 saturated heterocycles. The van der Waals surface area contributed by atoms with Crippen LogP contribution in [0.4, 0.5) is 0 Å². The van der Waals surface area contributed by atoms with Crippen molar-refractivity contribution in [3.8, 4) is 0 Å². The third kappa shape index (κ3) is 24.3. The number of esters is 2. The normalized spacial score (nSPS) is 18.4. The van der Waals surface area contributed by atoms with E-state index in [0.717, 1.165) is 63.7 Å². The summed E-state index contributed by atoms with van der Waals surface area (Å²) in [6.07, 6.45) is 43.0. The lowest BCUT2D eigenvalue weighted by molar-refractivity contribution is -0.140. The number of aliphatic carboxylic acids is 1. The number of benzene rings is 1. The highest BCUT2D eigenvalue weighted by Gasteiger charge is 2.36. The summed E-state index contributed by atoms with van der Waals surface area (Å²) in [4.78, 5) is 36.5. The second kappa shape index (κ2) is 33.5. The third-order valence-electron chi connectivity index (χ3n) is 12.9. The molecule has 0 atom stereocenters. The van der Waals surface area contributed by atoms with E-state index in [1.807, 2.05) is 0 Å². The van der Waals surface area contributed by atoms with Gasteiger partial charge in [-0.2, -0.15) is 0 Å². The molecule has 1 aromatic carbocycles. The third-order valence-corrected chi connectivity index (χ3v) is 12.9. The summed E-state index contributed by atoms with van der Waals surface area (Å²) in [6.45, 7) is 7.19. The van der Waals surface area contributed by atoms with Crippen molar-refractivity contribution in [3.05, 3.63) is 35.4 Å². The van der Waals surface area contributed by atoms with Crippen LogP contribution in [0.3, 0.4) is 0 Å².